The number of nitrogens with zero attached hydrogens (tertiary/aromatic N) is 3. The maximum Gasteiger partial charge on any atom is 0.321 e. The fourth-order valence-electron chi connectivity index (χ4n) is 4.39. The minimum absolute atomic E-state index is 0.0285. The van der Waals surface area contributed by atoms with Gasteiger partial charge in [-0.2, -0.15) is 0 Å². The lowest BCUT2D eigenvalue weighted by Gasteiger charge is -2.29. The van der Waals surface area contributed by atoms with Crippen LogP contribution in [0.25, 0.3) is 11.4 Å². The van der Waals surface area contributed by atoms with Crippen molar-refractivity contribution in [3.8, 4) is 11.4 Å². The van der Waals surface area contributed by atoms with Gasteiger partial charge in [0.15, 0.2) is 11.0 Å². The number of thioether (sulfide) groups is 1. The zero-order valence-corrected chi connectivity index (χ0v) is 19.6. The van der Waals surface area contributed by atoms with Gasteiger partial charge < -0.3 is 10.1 Å². The highest BCUT2D eigenvalue weighted by Gasteiger charge is 2.25. The smallest absolute Gasteiger partial charge is 0.321 e. The van der Waals surface area contributed by atoms with Crippen molar-refractivity contribution >= 4 is 23.7 Å². The molecule has 33 heavy (non-hydrogen) atoms. The van der Waals surface area contributed by atoms with E-state index in [1.807, 2.05) is 4.57 Å². The van der Waals surface area contributed by atoms with Gasteiger partial charge in [0, 0.05) is 18.2 Å². The summed E-state index contributed by atoms with van der Waals surface area (Å²) in [5.41, 5.74) is 0.735. The van der Waals surface area contributed by atoms with Crippen LogP contribution in [0, 0.1) is 11.7 Å². The van der Waals surface area contributed by atoms with Gasteiger partial charge in [0.2, 0.25) is 5.91 Å². The van der Waals surface area contributed by atoms with Crippen LogP contribution in [0.1, 0.15) is 45.4 Å². The number of nitrogens with one attached hydrogen (secondary N) is 2. The largest absolute Gasteiger partial charge is 0.376 e. The molecule has 1 aliphatic carbocycles. The Morgan fingerprint density at radius 1 is 1.15 bits per heavy atom. The Balaban J connectivity index is 1.38. The molecular formula is C23H30FN5O3S. The Labute approximate surface area is 197 Å². The lowest BCUT2D eigenvalue weighted by molar-refractivity contribution is -0.117. The van der Waals surface area contributed by atoms with Gasteiger partial charge >= 0.3 is 6.03 Å². The number of hydrogen-bond donors (Lipinski definition) is 2. The lowest BCUT2D eigenvalue weighted by Crippen LogP contribution is -2.48. The first-order chi connectivity index (χ1) is 16.0. The van der Waals surface area contributed by atoms with Gasteiger partial charge in [0.1, 0.15) is 5.82 Å². The van der Waals surface area contributed by atoms with Crippen LogP contribution in [-0.2, 0) is 16.1 Å². The summed E-state index contributed by atoms with van der Waals surface area (Å²) in [7, 11) is 0. The van der Waals surface area contributed by atoms with E-state index in [1.54, 1.807) is 12.1 Å². The fourth-order valence-corrected chi connectivity index (χ4v) is 5.14. The number of benzene rings is 1. The van der Waals surface area contributed by atoms with E-state index >= 15 is 0 Å². The minimum Gasteiger partial charge on any atom is -0.376 e. The third kappa shape index (κ3) is 6.32. The van der Waals surface area contributed by atoms with Crippen LogP contribution in [0.15, 0.2) is 29.4 Å². The number of carbonyl (C=O) groups excluding carboxylic acids is 2. The zero-order valence-electron chi connectivity index (χ0n) is 18.8. The molecule has 1 aromatic carbocycles. The molecule has 2 N–H and O–H groups in total. The average molecular weight is 476 g/mol. The van der Waals surface area contributed by atoms with E-state index in [0.717, 1.165) is 44.3 Å². The summed E-state index contributed by atoms with van der Waals surface area (Å²) < 4.78 is 21.1. The molecule has 0 spiro atoms. The molecule has 1 aliphatic heterocycles. The summed E-state index contributed by atoms with van der Waals surface area (Å²) in [5.74, 6) is 0.320. The van der Waals surface area contributed by atoms with Gasteiger partial charge in [-0.1, -0.05) is 31.5 Å². The second-order valence-electron chi connectivity index (χ2n) is 8.74. The standard InChI is InChI=1S/C23H30FN5O3S/c1-15-5-2-3-7-19(15)25-22(31)26-20(30)14-33-23-28-27-21(16-8-10-17(24)11-9-16)29(23)13-18-6-4-12-32-18/h8-11,15,18-19H,2-7,12-14H2,1H3,(H2,25,26,30,31)/t15-,18+,19+/m1/s1. The Morgan fingerprint density at radius 3 is 2.67 bits per heavy atom. The molecule has 0 bridgehead atoms. The molecule has 4 rings (SSSR count). The summed E-state index contributed by atoms with van der Waals surface area (Å²) >= 11 is 1.21. The first-order valence-electron chi connectivity index (χ1n) is 11.5. The molecule has 2 aliphatic rings. The van der Waals surface area contributed by atoms with Gasteiger partial charge in [0.25, 0.3) is 0 Å². The van der Waals surface area contributed by atoms with Crippen molar-refractivity contribution < 1.29 is 18.7 Å². The summed E-state index contributed by atoms with van der Waals surface area (Å²) in [4.78, 5) is 24.7. The first kappa shape index (κ1) is 23.7. The van der Waals surface area contributed by atoms with E-state index in [4.69, 9.17) is 4.74 Å². The number of amides is 3. The van der Waals surface area contributed by atoms with Crippen LogP contribution in [0.3, 0.4) is 0 Å². The van der Waals surface area contributed by atoms with Crippen molar-refractivity contribution in [3.05, 3.63) is 30.1 Å². The maximum absolute atomic E-state index is 13.4. The quantitative estimate of drug-likeness (QED) is 0.592. The molecule has 3 atom stereocenters. The van der Waals surface area contributed by atoms with Crippen LogP contribution in [0.4, 0.5) is 9.18 Å². The van der Waals surface area contributed by atoms with Gasteiger partial charge in [-0.15, -0.1) is 10.2 Å². The number of imide groups is 1. The summed E-state index contributed by atoms with van der Waals surface area (Å²) in [5, 5.41) is 14.4. The fraction of sp³-hybridized carbons (Fsp3) is 0.565. The van der Waals surface area contributed by atoms with Crippen molar-refractivity contribution in [2.24, 2.45) is 5.92 Å². The van der Waals surface area contributed by atoms with Crippen LogP contribution in [-0.4, -0.2) is 51.2 Å². The number of hydrogen-bond acceptors (Lipinski definition) is 6. The highest BCUT2D eigenvalue weighted by atomic mass is 32.2. The molecule has 0 unspecified atom stereocenters. The third-order valence-corrected chi connectivity index (χ3v) is 7.21. The topological polar surface area (TPSA) is 98.1 Å². The molecule has 8 nitrogen and oxygen atoms in total. The van der Waals surface area contributed by atoms with E-state index in [1.165, 1.54) is 30.3 Å². The number of rotatable bonds is 7. The molecule has 10 heteroatoms. The summed E-state index contributed by atoms with van der Waals surface area (Å²) in [6.07, 6.45) is 6.28. The van der Waals surface area contributed by atoms with E-state index in [-0.39, 0.29) is 23.7 Å². The van der Waals surface area contributed by atoms with Gasteiger partial charge in [0.05, 0.1) is 18.4 Å². The summed E-state index contributed by atoms with van der Waals surface area (Å²) in [6, 6.07) is 5.73. The predicted molar refractivity (Wildman–Crippen MR) is 123 cm³/mol. The normalized spacial score (nSPS) is 22.8. The number of ether oxygens (including phenoxy) is 1. The Morgan fingerprint density at radius 2 is 1.94 bits per heavy atom. The molecule has 178 valence electrons. The molecule has 1 saturated carbocycles. The number of aromatic nitrogens is 3. The van der Waals surface area contributed by atoms with Crippen LogP contribution in [0.2, 0.25) is 0 Å². The van der Waals surface area contributed by atoms with Crippen molar-refractivity contribution in [1.82, 2.24) is 25.4 Å². The third-order valence-electron chi connectivity index (χ3n) is 6.24. The van der Waals surface area contributed by atoms with Crippen molar-refractivity contribution in [2.45, 2.75) is 69.3 Å². The number of carbonyl (C=O) groups is 2. The monoisotopic (exact) mass is 475 g/mol. The highest BCUT2D eigenvalue weighted by molar-refractivity contribution is 7.99. The number of halogens is 1. The van der Waals surface area contributed by atoms with Crippen molar-refractivity contribution in [3.63, 3.8) is 0 Å². The van der Waals surface area contributed by atoms with Crippen LogP contribution in [0.5, 0.6) is 0 Å². The molecular weight excluding hydrogens is 445 g/mol. The van der Waals surface area contributed by atoms with E-state index in [0.29, 0.717) is 23.4 Å². The Hall–Kier alpha value is -2.46. The highest BCUT2D eigenvalue weighted by Crippen LogP contribution is 2.27. The summed E-state index contributed by atoms with van der Waals surface area (Å²) in [6.45, 7) is 3.39. The average Bonchev–Trinajstić information content (AvgIpc) is 3.45. The van der Waals surface area contributed by atoms with Gasteiger partial charge in [-0.3, -0.25) is 14.7 Å². The Bertz CT molecular complexity index is 962. The van der Waals surface area contributed by atoms with E-state index in [2.05, 4.69) is 27.8 Å². The van der Waals surface area contributed by atoms with Crippen molar-refractivity contribution in [1.29, 1.82) is 0 Å². The molecule has 2 heterocycles. The molecule has 2 aromatic rings. The molecule has 1 aromatic heterocycles. The van der Waals surface area contributed by atoms with Gasteiger partial charge in [-0.25, -0.2) is 9.18 Å². The van der Waals surface area contributed by atoms with Gasteiger partial charge in [-0.05, 0) is 55.9 Å². The minimum atomic E-state index is -0.452. The van der Waals surface area contributed by atoms with Crippen LogP contribution < -0.4 is 10.6 Å². The molecule has 1 saturated heterocycles. The van der Waals surface area contributed by atoms with Crippen LogP contribution >= 0.6 is 11.8 Å². The Kier molecular flexibility index (Phi) is 7.97. The second kappa shape index (κ2) is 11.1. The van der Waals surface area contributed by atoms with E-state index in [9.17, 15) is 14.0 Å². The SMILES string of the molecule is C[C@@H]1CCCC[C@@H]1NC(=O)NC(=O)CSc1nnc(-c2ccc(F)cc2)n1C[C@@H]1CCCO1. The molecule has 0 radical (unpaired) electrons. The zero-order chi connectivity index (χ0) is 23.2. The predicted octanol–water partition coefficient (Wildman–Crippen LogP) is 3.76. The first-order valence-corrected chi connectivity index (χ1v) is 12.5. The van der Waals surface area contributed by atoms with Crippen molar-refractivity contribution in [2.75, 3.05) is 12.4 Å². The molecule has 2 fully saturated rings. The lowest BCUT2D eigenvalue weighted by atomic mass is 9.86. The second-order valence-corrected chi connectivity index (χ2v) is 9.68. The van der Waals surface area contributed by atoms with E-state index < -0.39 is 11.9 Å². The maximum atomic E-state index is 13.4. The number of urea groups is 1. The molecule has 3 amide bonds.